The van der Waals surface area contributed by atoms with E-state index in [1.807, 2.05) is 32.0 Å². The molecule has 1 saturated carbocycles. The monoisotopic (exact) mass is 393 g/mol. The van der Waals surface area contributed by atoms with Gasteiger partial charge < -0.3 is 10.1 Å². The molecule has 0 aliphatic heterocycles. The first kappa shape index (κ1) is 19.4. The van der Waals surface area contributed by atoms with Gasteiger partial charge in [-0.2, -0.15) is 4.98 Å². The van der Waals surface area contributed by atoms with Gasteiger partial charge in [0.1, 0.15) is 5.75 Å². The van der Waals surface area contributed by atoms with Crippen molar-refractivity contribution in [2.45, 2.75) is 57.9 Å². The molecule has 3 aromatic rings. The normalized spacial score (nSPS) is 16.0. The lowest BCUT2D eigenvalue weighted by molar-refractivity contribution is -0.123. The maximum Gasteiger partial charge on any atom is 0.252 e. The third kappa shape index (κ3) is 3.95. The molecule has 0 bridgehead atoms. The fourth-order valence-corrected chi connectivity index (χ4v) is 4.29. The third-order valence-electron chi connectivity index (χ3n) is 5.71. The minimum atomic E-state index is -0.342. The molecule has 0 saturated heterocycles. The summed E-state index contributed by atoms with van der Waals surface area (Å²) in [6.07, 6.45) is 5.40. The number of aromatic nitrogens is 4. The van der Waals surface area contributed by atoms with Crippen LogP contribution in [0.25, 0.3) is 5.78 Å². The molecular formula is C22H27N5O2. The van der Waals surface area contributed by atoms with Crippen LogP contribution in [0.1, 0.15) is 54.9 Å². The van der Waals surface area contributed by atoms with Crippen LogP contribution in [0.2, 0.25) is 0 Å². The number of fused-ring (bicyclic) bond motifs is 1. The van der Waals surface area contributed by atoms with E-state index in [0.717, 1.165) is 48.4 Å². The molecule has 1 aromatic carbocycles. The van der Waals surface area contributed by atoms with Crippen molar-refractivity contribution >= 4 is 11.7 Å². The minimum Gasteiger partial charge on any atom is -0.497 e. The van der Waals surface area contributed by atoms with Crippen LogP contribution in [0.4, 0.5) is 0 Å². The Bertz CT molecular complexity index is 1020. The van der Waals surface area contributed by atoms with Crippen LogP contribution in [0.15, 0.2) is 30.3 Å². The number of aryl methyl sites for hydroxylation is 2. The van der Waals surface area contributed by atoms with Gasteiger partial charge in [0.05, 0.1) is 19.1 Å². The molecule has 7 heteroatoms. The Kier molecular flexibility index (Phi) is 5.22. The smallest absolute Gasteiger partial charge is 0.252 e. The number of rotatable bonds is 5. The van der Waals surface area contributed by atoms with E-state index >= 15 is 0 Å². The van der Waals surface area contributed by atoms with Gasteiger partial charge in [-0.3, -0.25) is 4.79 Å². The molecule has 1 aliphatic carbocycles. The molecule has 1 amide bonds. The van der Waals surface area contributed by atoms with E-state index in [1.54, 1.807) is 11.6 Å². The molecule has 0 unspecified atom stereocenters. The highest BCUT2D eigenvalue weighted by atomic mass is 16.5. The molecule has 1 fully saturated rings. The summed E-state index contributed by atoms with van der Waals surface area (Å²) in [4.78, 5) is 21.8. The zero-order chi connectivity index (χ0) is 20.4. The lowest BCUT2D eigenvalue weighted by Gasteiger charge is -2.38. The number of nitrogens with zero attached hydrogens (tertiary/aromatic N) is 4. The van der Waals surface area contributed by atoms with Crippen LogP contribution in [-0.4, -0.2) is 32.6 Å². The van der Waals surface area contributed by atoms with Crippen LogP contribution in [0.5, 0.6) is 5.75 Å². The van der Waals surface area contributed by atoms with E-state index in [9.17, 15) is 4.79 Å². The molecule has 29 heavy (non-hydrogen) atoms. The molecule has 1 aliphatic rings. The highest BCUT2D eigenvalue weighted by molar-refractivity contribution is 5.79. The molecule has 2 heterocycles. The van der Waals surface area contributed by atoms with Crippen LogP contribution in [0, 0.1) is 13.8 Å². The first-order valence-corrected chi connectivity index (χ1v) is 10.1. The number of hydrogen-bond donors (Lipinski definition) is 1. The first-order valence-electron chi connectivity index (χ1n) is 10.1. The fraction of sp³-hybridized carbons (Fsp3) is 0.455. The van der Waals surface area contributed by atoms with Crippen LogP contribution in [0.3, 0.4) is 0 Å². The summed E-state index contributed by atoms with van der Waals surface area (Å²) < 4.78 is 6.97. The van der Waals surface area contributed by atoms with E-state index in [1.165, 1.54) is 6.42 Å². The summed E-state index contributed by atoms with van der Waals surface area (Å²) in [5.74, 6) is 1.78. The van der Waals surface area contributed by atoms with Crippen molar-refractivity contribution in [1.29, 1.82) is 0 Å². The molecule has 0 spiro atoms. The van der Waals surface area contributed by atoms with E-state index in [4.69, 9.17) is 4.74 Å². The second kappa shape index (κ2) is 7.81. The fourth-order valence-electron chi connectivity index (χ4n) is 4.29. The third-order valence-corrected chi connectivity index (χ3v) is 5.71. The van der Waals surface area contributed by atoms with Gasteiger partial charge in [0.2, 0.25) is 5.91 Å². The highest BCUT2D eigenvalue weighted by Gasteiger charge is 2.35. The lowest BCUT2D eigenvalue weighted by atomic mass is 9.76. The van der Waals surface area contributed by atoms with Crippen molar-refractivity contribution in [2.75, 3.05) is 7.11 Å². The van der Waals surface area contributed by atoms with Crippen molar-refractivity contribution < 1.29 is 9.53 Å². The molecule has 2 aromatic heterocycles. The molecule has 152 valence electrons. The average molecular weight is 393 g/mol. The van der Waals surface area contributed by atoms with Crippen molar-refractivity contribution in [3.05, 3.63) is 53.1 Å². The summed E-state index contributed by atoms with van der Waals surface area (Å²) in [5, 5.41) is 7.79. The van der Waals surface area contributed by atoms with Crippen LogP contribution in [-0.2, 0) is 16.8 Å². The SMILES string of the molecule is COc1ccc(C2(NC(=O)Cc3nc4nc(C)cc(C)n4n3)CCCCC2)cc1. The van der Waals surface area contributed by atoms with Gasteiger partial charge in [-0.15, -0.1) is 5.10 Å². The Labute approximate surface area is 170 Å². The number of carbonyl (C=O) groups excluding carboxylic acids is 1. The molecular weight excluding hydrogens is 366 g/mol. The number of benzene rings is 1. The van der Waals surface area contributed by atoms with Gasteiger partial charge in [0, 0.05) is 11.4 Å². The molecule has 0 radical (unpaired) electrons. The summed E-state index contributed by atoms with van der Waals surface area (Å²) in [5.41, 5.74) is 2.63. The quantitative estimate of drug-likeness (QED) is 0.719. The van der Waals surface area contributed by atoms with Crippen LogP contribution < -0.4 is 10.1 Å². The van der Waals surface area contributed by atoms with Gasteiger partial charge in [-0.05, 0) is 50.5 Å². The maximum absolute atomic E-state index is 13.0. The van der Waals surface area contributed by atoms with E-state index in [0.29, 0.717) is 11.6 Å². The summed E-state index contributed by atoms with van der Waals surface area (Å²) >= 11 is 0. The van der Waals surface area contributed by atoms with Gasteiger partial charge in [0.25, 0.3) is 5.78 Å². The number of hydrogen-bond acceptors (Lipinski definition) is 5. The Morgan fingerprint density at radius 1 is 1.14 bits per heavy atom. The van der Waals surface area contributed by atoms with Gasteiger partial charge in [-0.1, -0.05) is 31.4 Å². The first-order chi connectivity index (χ1) is 14.0. The predicted octanol–water partition coefficient (Wildman–Crippen LogP) is 3.27. The highest BCUT2D eigenvalue weighted by Crippen LogP contribution is 2.37. The second-order valence-corrected chi connectivity index (χ2v) is 7.87. The standard InChI is InChI=1S/C22H27N5O2/c1-15-13-16(2)27-21(23-15)24-19(26-27)14-20(28)25-22(11-5-4-6-12-22)17-7-9-18(29-3)10-8-17/h7-10,13H,4-6,11-12,14H2,1-3H3,(H,25,28). The maximum atomic E-state index is 13.0. The number of nitrogens with one attached hydrogen (secondary N) is 1. The van der Waals surface area contributed by atoms with E-state index in [2.05, 4.69) is 32.5 Å². The summed E-state index contributed by atoms with van der Waals surface area (Å²) in [6, 6.07) is 9.98. The molecule has 7 nitrogen and oxygen atoms in total. The Hall–Kier alpha value is -2.96. The second-order valence-electron chi connectivity index (χ2n) is 7.87. The number of ether oxygens (including phenoxy) is 1. The van der Waals surface area contributed by atoms with Gasteiger partial charge >= 0.3 is 0 Å². The Morgan fingerprint density at radius 3 is 2.55 bits per heavy atom. The van der Waals surface area contributed by atoms with Gasteiger partial charge in [-0.25, -0.2) is 9.50 Å². The topological polar surface area (TPSA) is 81.4 Å². The number of carbonyl (C=O) groups is 1. The van der Waals surface area contributed by atoms with Crippen molar-refractivity contribution in [2.24, 2.45) is 0 Å². The Balaban J connectivity index is 1.56. The molecule has 0 atom stereocenters. The Morgan fingerprint density at radius 2 is 1.86 bits per heavy atom. The van der Waals surface area contributed by atoms with Gasteiger partial charge in [0.15, 0.2) is 5.82 Å². The van der Waals surface area contributed by atoms with Crippen molar-refractivity contribution in [3.63, 3.8) is 0 Å². The van der Waals surface area contributed by atoms with Crippen molar-refractivity contribution in [1.82, 2.24) is 24.9 Å². The van der Waals surface area contributed by atoms with E-state index in [-0.39, 0.29) is 17.9 Å². The number of amides is 1. The summed E-state index contributed by atoms with van der Waals surface area (Å²) in [7, 11) is 1.66. The average Bonchev–Trinajstić information content (AvgIpc) is 3.11. The zero-order valence-corrected chi connectivity index (χ0v) is 17.2. The van der Waals surface area contributed by atoms with Crippen LogP contribution >= 0.6 is 0 Å². The lowest BCUT2D eigenvalue weighted by Crippen LogP contribution is -2.47. The van der Waals surface area contributed by atoms with E-state index < -0.39 is 0 Å². The predicted molar refractivity (Wildman–Crippen MR) is 110 cm³/mol. The summed E-state index contributed by atoms with van der Waals surface area (Å²) in [6.45, 7) is 3.89. The molecule has 1 N–H and O–H groups in total. The zero-order valence-electron chi connectivity index (χ0n) is 17.2. The minimum absolute atomic E-state index is 0.0620. The number of methoxy groups -OCH3 is 1. The van der Waals surface area contributed by atoms with Crippen molar-refractivity contribution in [3.8, 4) is 5.75 Å². The largest absolute Gasteiger partial charge is 0.497 e. The molecule has 4 rings (SSSR count).